The summed E-state index contributed by atoms with van der Waals surface area (Å²) in [6.07, 6.45) is 0.362. The largest absolute Gasteiger partial charge is 0.310 e. The first-order valence-corrected chi connectivity index (χ1v) is 9.88. The molecule has 3 aromatic rings. The van der Waals surface area contributed by atoms with E-state index in [-0.39, 0.29) is 5.91 Å². The Kier molecular flexibility index (Phi) is 4.55. The molecule has 2 heterocycles. The monoisotopic (exact) mass is 363 g/mol. The SMILES string of the molecule is Cc1cccc(-n2nc3c(c2NC(=O)Cc2ccccc2)CSC3)c1C. The molecule has 0 atom stereocenters. The van der Waals surface area contributed by atoms with Gasteiger partial charge in [0.1, 0.15) is 5.82 Å². The molecule has 0 radical (unpaired) electrons. The van der Waals surface area contributed by atoms with E-state index >= 15 is 0 Å². The Morgan fingerprint density at radius 3 is 2.73 bits per heavy atom. The van der Waals surface area contributed by atoms with Crippen molar-refractivity contribution in [3.63, 3.8) is 0 Å². The van der Waals surface area contributed by atoms with Crippen LogP contribution >= 0.6 is 11.8 Å². The van der Waals surface area contributed by atoms with Crippen LogP contribution in [0.25, 0.3) is 5.69 Å². The summed E-state index contributed by atoms with van der Waals surface area (Å²) >= 11 is 1.84. The molecule has 2 aromatic carbocycles. The minimum Gasteiger partial charge on any atom is -0.310 e. The highest BCUT2D eigenvalue weighted by molar-refractivity contribution is 7.98. The molecule has 0 unspecified atom stereocenters. The van der Waals surface area contributed by atoms with E-state index < -0.39 is 0 Å². The quantitative estimate of drug-likeness (QED) is 0.746. The van der Waals surface area contributed by atoms with Crippen LogP contribution in [0.1, 0.15) is 27.9 Å². The lowest BCUT2D eigenvalue weighted by Crippen LogP contribution is -2.18. The van der Waals surface area contributed by atoms with Gasteiger partial charge in [-0.05, 0) is 36.6 Å². The van der Waals surface area contributed by atoms with Crippen molar-refractivity contribution in [2.45, 2.75) is 31.8 Å². The molecule has 0 fully saturated rings. The number of hydrogen-bond donors (Lipinski definition) is 1. The average molecular weight is 363 g/mol. The summed E-state index contributed by atoms with van der Waals surface area (Å²) in [5.41, 5.74) is 6.66. The predicted octanol–water partition coefficient (Wildman–Crippen LogP) is 4.42. The summed E-state index contributed by atoms with van der Waals surface area (Å²) in [7, 11) is 0. The van der Waals surface area contributed by atoms with E-state index in [1.807, 2.05) is 52.8 Å². The molecule has 0 saturated carbocycles. The normalized spacial score (nSPS) is 12.8. The third-order valence-electron chi connectivity index (χ3n) is 4.82. The van der Waals surface area contributed by atoms with Crippen molar-refractivity contribution in [2.75, 3.05) is 5.32 Å². The van der Waals surface area contributed by atoms with E-state index in [0.717, 1.165) is 39.8 Å². The first-order valence-electron chi connectivity index (χ1n) is 8.72. The van der Waals surface area contributed by atoms with Gasteiger partial charge in [-0.2, -0.15) is 16.9 Å². The first kappa shape index (κ1) is 16.9. The summed E-state index contributed by atoms with van der Waals surface area (Å²) in [4.78, 5) is 12.7. The maximum Gasteiger partial charge on any atom is 0.229 e. The maximum atomic E-state index is 12.7. The van der Waals surface area contributed by atoms with E-state index in [1.165, 1.54) is 11.1 Å². The molecule has 1 aliphatic heterocycles. The third-order valence-corrected chi connectivity index (χ3v) is 5.79. The number of amides is 1. The number of carbonyl (C=O) groups excluding carboxylic acids is 1. The highest BCUT2D eigenvalue weighted by Gasteiger charge is 2.25. The fourth-order valence-corrected chi connectivity index (χ4v) is 4.27. The second kappa shape index (κ2) is 7.00. The fraction of sp³-hybridized carbons (Fsp3) is 0.238. The Balaban J connectivity index is 1.69. The van der Waals surface area contributed by atoms with Crippen molar-refractivity contribution >= 4 is 23.5 Å². The second-order valence-corrected chi connectivity index (χ2v) is 7.59. The Hall–Kier alpha value is -2.53. The van der Waals surface area contributed by atoms with E-state index in [1.54, 1.807) is 0 Å². The van der Waals surface area contributed by atoms with Gasteiger partial charge >= 0.3 is 0 Å². The highest BCUT2D eigenvalue weighted by Crippen LogP contribution is 2.36. The van der Waals surface area contributed by atoms with Crippen LogP contribution in [0, 0.1) is 13.8 Å². The lowest BCUT2D eigenvalue weighted by Gasteiger charge is -2.14. The molecule has 1 N–H and O–H groups in total. The van der Waals surface area contributed by atoms with Crippen LogP contribution in [0.4, 0.5) is 5.82 Å². The molecule has 4 rings (SSSR count). The summed E-state index contributed by atoms with van der Waals surface area (Å²) in [5.74, 6) is 2.59. The van der Waals surface area contributed by atoms with Crippen LogP contribution < -0.4 is 5.32 Å². The van der Waals surface area contributed by atoms with Gasteiger partial charge in [-0.25, -0.2) is 4.68 Å². The topological polar surface area (TPSA) is 46.9 Å². The summed E-state index contributed by atoms with van der Waals surface area (Å²) in [6, 6.07) is 16.0. The molecule has 0 spiro atoms. The van der Waals surface area contributed by atoms with Crippen LogP contribution in [-0.4, -0.2) is 15.7 Å². The zero-order chi connectivity index (χ0) is 18.1. The van der Waals surface area contributed by atoms with Gasteiger partial charge in [0.25, 0.3) is 0 Å². The molecule has 0 bridgehead atoms. The van der Waals surface area contributed by atoms with Gasteiger partial charge in [-0.1, -0.05) is 42.5 Å². The number of carbonyl (C=O) groups is 1. The molecule has 26 heavy (non-hydrogen) atoms. The predicted molar refractivity (Wildman–Crippen MR) is 107 cm³/mol. The number of aryl methyl sites for hydroxylation is 1. The number of aromatic nitrogens is 2. The fourth-order valence-electron chi connectivity index (χ4n) is 3.24. The number of rotatable bonds is 4. The van der Waals surface area contributed by atoms with Crippen LogP contribution in [-0.2, 0) is 22.7 Å². The number of hydrogen-bond acceptors (Lipinski definition) is 3. The molecular formula is C21H21N3OS. The number of thioether (sulfide) groups is 1. The van der Waals surface area contributed by atoms with Gasteiger partial charge in [0.05, 0.1) is 17.8 Å². The van der Waals surface area contributed by atoms with Gasteiger partial charge < -0.3 is 5.32 Å². The van der Waals surface area contributed by atoms with Crippen molar-refractivity contribution in [2.24, 2.45) is 0 Å². The average Bonchev–Trinajstić information content (AvgIpc) is 3.21. The number of anilines is 1. The van der Waals surface area contributed by atoms with Crippen molar-refractivity contribution in [1.82, 2.24) is 9.78 Å². The van der Waals surface area contributed by atoms with Gasteiger partial charge in [0, 0.05) is 17.1 Å². The van der Waals surface area contributed by atoms with E-state index in [0.29, 0.717) is 6.42 Å². The minimum atomic E-state index is -0.0117. The maximum absolute atomic E-state index is 12.7. The molecular weight excluding hydrogens is 342 g/mol. The number of nitrogens with zero attached hydrogens (tertiary/aromatic N) is 2. The molecule has 0 saturated heterocycles. The number of fused-ring (bicyclic) bond motifs is 1. The Labute approximate surface area is 157 Å². The molecule has 4 nitrogen and oxygen atoms in total. The Bertz CT molecular complexity index is 963. The van der Waals surface area contributed by atoms with Crippen molar-refractivity contribution in [3.05, 3.63) is 76.5 Å². The molecule has 1 aromatic heterocycles. The summed E-state index contributed by atoms with van der Waals surface area (Å²) in [5, 5.41) is 7.94. The minimum absolute atomic E-state index is 0.0117. The van der Waals surface area contributed by atoms with Crippen molar-refractivity contribution in [3.8, 4) is 5.69 Å². The van der Waals surface area contributed by atoms with E-state index in [2.05, 4.69) is 31.3 Å². The Morgan fingerprint density at radius 1 is 1.12 bits per heavy atom. The highest BCUT2D eigenvalue weighted by atomic mass is 32.2. The smallest absolute Gasteiger partial charge is 0.229 e. The van der Waals surface area contributed by atoms with Crippen LogP contribution in [0.15, 0.2) is 48.5 Å². The zero-order valence-corrected chi connectivity index (χ0v) is 15.8. The number of benzene rings is 2. The van der Waals surface area contributed by atoms with E-state index in [4.69, 9.17) is 5.10 Å². The summed E-state index contributed by atoms with van der Waals surface area (Å²) < 4.78 is 1.91. The lowest BCUT2D eigenvalue weighted by molar-refractivity contribution is -0.115. The second-order valence-electron chi connectivity index (χ2n) is 6.61. The summed E-state index contributed by atoms with van der Waals surface area (Å²) in [6.45, 7) is 4.20. The van der Waals surface area contributed by atoms with Crippen LogP contribution in [0.5, 0.6) is 0 Å². The molecule has 1 aliphatic rings. The van der Waals surface area contributed by atoms with Gasteiger partial charge in [-0.3, -0.25) is 4.79 Å². The molecule has 132 valence electrons. The van der Waals surface area contributed by atoms with Gasteiger partial charge in [0.2, 0.25) is 5.91 Å². The standard InChI is InChI=1S/C21H21N3OS/c1-14-7-6-10-19(15(14)2)24-21(17-12-26-13-18(17)23-24)22-20(25)11-16-8-4-3-5-9-16/h3-10H,11-13H2,1-2H3,(H,22,25). The van der Waals surface area contributed by atoms with Crippen molar-refractivity contribution in [1.29, 1.82) is 0 Å². The molecule has 5 heteroatoms. The van der Waals surface area contributed by atoms with Crippen LogP contribution in [0.2, 0.25) is 0 Å². The number of nitrogens with one attached hydrogen (secondary N) is 1. The molecule has 0 aliphatic carbocycles. The third kappa shape index (κ3) is 3.15. The van der Waals surface area contributed by atoms with Crippen LogP contribution in [0.3, 0.4) is 0 Å². The van der Waals surface area contributed by atoms with Gasteiger partial charge in [0.15, 0.2) is 0 Å². The lowest BCUT2D eigenvalue weighted by atomic mass is 10.1. The molecule has 1 amide bonds. The Morgan fingerprint density at radius 2 is 1.92 bits per heavy atom. The van der Waals surface area contributed by atoms with Gasteiger partial charge in [-0.15, -0.1) is 0 Å². The van der Waals surface area contributed by atoms with Crippen molar-refractivity contribution < 1.29 is 4.79 Å². The van der Waals surface area contributed by atoms with E-state index in [9.17, 15) is 4.79 Å². The first-order chi connectivity index (χ1) is 12.6. The zero-order valence-electron chi connectivity index (χ0n) is 15.0.